The molecule has 1 atom stereocenters. The molecule has 0 aliphatic carbocycles. The van der Waals surface area contributed by atoms with Crippen molar-refractivity contribution in [1.29, 1.82) is 5.41 Å². The van der Waals surface area contributed by atoms with Gasteiger partial charge in [-0.2, -0.15) is 0 Å². The third kappa shape index (κ3) is 5.45. The molecule has 1 aliphatic rings. The lowest BCUT2D eigenvalue weighted by atomic mass is 9.94. The molecule has 1 amide bonds. The minimum absolute atomic E-state index is 0.0333. The normalized spacial score (nSPS) is 16.0. The molecule has 0 spiro atoms. The Balaban J connectivity index is 1.78. The van der Waals surface area contributed by atoms with E-state index < -0.39 is 38.9 Å². The Morgan fingerprint density at radius 1 is 1.36 bits per heavy atom. The van der Waals surface area contributed by atoms with Gasteiger partial charge in [0.25, 0.3) is 5.91 Å². The van der Waals surface area contributed by atoms with Crippen LogP contribution in [0.1, 0.15) is 41.4 Å². The third-order valence-corrected chi connectivity index (χ3v) is 8.07. The van der Waals surface area contributed by atoms with Crippen LogP contribution in [0.25, 0.3) is 0 Å². The van der Waals surface area contributed by atoms with Gasteiger partial charge in [-0.1, -0.05) is 6.07 Å². The largest absolute Gasteiger partial charge is 0.474 e. The molecule has 1 aromatic heterocycles. The van der Waals surface area contributed by atoms with E-state index in [0.717, 1.165) is 11.1 Å². The van der Waals surface area contributed by atoms with Gasteiger partial charge in [-0.25, -0.2) is 22.8 Å². The summed E-state index contributed by atoms with van der Waals surface area (Å²) in [5, 5.41) is 10.4. The molecule has 0 saturated carbocycles. The highest BCUT2D eigenvalue weighted by molar-refractivity contribution is 7.93. The first-order chi connectivity index (χ1) is 15.5. The van der Waals surface area contributed by atoms with Gasteiger partial charge in [-0.05, 0) is 37.1 Å². The van der Waals surface area contributed by atoms with E-state index in [1.165, 1.54) is 26.2 Å². The molecule has 0 bridgehead atoms. The van der Waals surface area contributed by atoms with E-state index in [1.54, 1.807) is 18.2 Å². The minimum atomic E-state index is -3.76. The van der Waals surface area contributed by atoms with Crippen LogP contribution in [0.5, 0.6) is 5.88 Å². The summed E-state index contributed by atoms with van der Waals surface area (Å²) in [6, 6.07) is 5.16. The van der Waals surface area contributed by atoms with E-state index in [-0.39, 0.29) is 30.5 Å². The molecule has 0 fully saturated rings. The third-order valence-electron chi connectivity index (χ3n) is 5.45. The average molecular weight is 480 g/mol. The van der Waals surface area contributed by atoms with E-state index >= 15 is 0 Å². The topological polar surface area (TPSA) is 157 Å². The summed E-state index contributed by atoms with van der Waals surface area (Å²) < 4.78 is 47.1. The molecule has 0 radical (unpaired) electrons. The fourth-order valence-corrected chi connectivity index (χ4v) is 4.77. The van der Waals surface area contributed by atoms with Gasteiger partial charge >= 0.3 is 0 Å². The Bertz CT molecular complexity index is 1140. The maximum absolute atomic E-state index is 12.9. The van der Waals surface area contributed by atoms with Crippen molar-refractivity contribution in [3.05, 3.63) is 47.4 Å². The van der Waals surface area contributed by atoms with Gasteiger partial charge in [-0.15, -0.1) is 0 Å². The number of ether oxygens (including phenoxy) is 2. The fourth-order valence-electron chi connectivity index (χ4n) is 3.21. The Morgan fingerprint density at radius 3 is 2.76 bits per heavy atom. The Hall–Kier alpha value is -3.12. The van der Waals surface area contributed by atoms with Crippen LogP contribution < -0.4 is 15.8 Å². The van der Waals surface area contributed by atoms with Gasteiger partial charge in [0, 0.05) is 11.6 Å². The fraction of sp³-hybridized carbons (Fsp3) is 0.429. The number of hydrogen-bond acceptors (Lipinski definition) is 8. The molecule has 2 aromatic rings. The predicted molar refractivity (Wildman–Crippen MR) is 120 cm³/mol. The quantitative estimate of drug-likeness (QED) is 0.363. The number of carbonyl (C=O) groups excluding carboxylic acids is 1. The molecular formula is C21H26FN5O5S. The monoisotopic (exact) mass is 479 g/mol. The Morgan fingerprint density at radius 2 is 2.12 bits per heavy atom. The Kier molecular flexibility index (Phi) is 7.28. The summed E-state index contributed by atoms with van der Waals surface area (Å²) in [5.74, 6) is -1.58. The van der Waals surface area contributed by atoms with Gasteiger partial charge in [0.2, 0.25) is 5.88 Å². The molecule has 0 saturated heterocycles. The number of amides is 1. The summed E-state index contributed by atoms with van der Waals surface area (Å²) >= 11 is 0. The number of amidine groups is 1. The zero-order valence-electron chi connectivity index (χ0n) is 18.3. The molecule has 10 nitrogen and oxygen atoms in total. The summed E-state index contributed by atoms with van der Waals surface area (Å²) in [6.45, 7) is 2.49. The highest BCUT2D eigenvalue weighted by Crippen LogP contribution is 2.32. The van der Waals surface area contributed by atoms with Crippen molar-refractivity contribution in [2.75, 3.05) is 31.0 Å². The van der Waals surface area contributed by atoms with Crippen LogP contribution in [0.2, 0.25) is 0 Å². The molecule has 4 N–H and O–H groups in total. The van der Waals surface area contributed by atoms with Gasteiger partial charge < -0.3 is 20.5 Å². The predicted octanol–water partition coefficient (Wildman–Crippen LogP) is 1.82. The first-order valence-electron chi connectivity index (χ1n) is 10.1. The maximum atomic E-state index is 12.9. The number of rotatable bonds is 9. The standard InChI is InChI=1S/C21H26FN5O5S/c1-21(2,20(23)24)33(29,30)12-14-11-31-10-13-3-4-15(7-16(13)14)27-19(28)17-8-26-18(9-25-17)32-6-5-22/h3-4,7-9,14H,5-6,10-12H2,1-2H3,(H3,23,24)(H,27,28). The number of anilines is 1. The minimum Gasteiger partial charge on any atom is -0.474 e. The number of nitrogens with one attached hydrogen (secondary N) is 2. The molecule has 1 aliphatic heterocycles. The van der Waals surface area contributed by atoms with Crippen LogP contribution >= 0.6 is 0 Å². The van der Waals surface area contributed by atoms with Crippen LogP contribution in [0.4, 0.5) is 10.1 Å². The summed E-state index contributed by atoms with van der Waals surface area (Å²) in [4.78, 5) is 20.4. The van der Waals surface area contributed by atoms with Crippen molar-refractivity contribution >= 4 is 27.3 Å². The highest BCUT2D eigenvalue weighted by Gasteiger charge is 2.40. The van der Waals surface area contributed by atoms with Gasteiger partial charge in [0.15, 0.2) is 9.84 Å². The van der Waals surface area contributed by atoms with Crippen LogP contribution in [0.3, 0.4) is 0 Å². The molecule has 12 heteroatoms. The number of halogens is 1. The lowest BCUT2D eigenvalue weighted by Gasteiger charge is -2.30. The van der Waals surface area contributed by atoms with E-state index in [9.17, 15) is 17.6 Å². The number of benzene rings is 1. The van der Waals surface area contributed by atoms with Gasteiger partial charge in [0.1, 0.15) is 29.6 Å². The number of aromatic nitrogens is 2. The highest BCUT2D eigenvalue weighted by atomic mass is 32.2. The van der Waals surface area contributed by atoms with Crippen molar-refractivity contribution in [2.24, 2.45) is 5.73 Å². The lowest BCUT2D eigenvalue weighted by Crippen LogP contribution is -2.47. The summed E-state index contributed by atoms with van der Waals surface area (Å²) in [7, 11) is -3.76. The maximum Gasteiger partial charge on any atom is 0.275 e. The van der Waals surface area contributed by atoms with E-state index in [1.807, 2.05) is 0 Å². The Labute approximate surface area is 191 Å². The van der Waals surface area contributed by atoms with Crippen LogP contribution in [-0.4, -0.2) is 60.5 Å². The van der Waals surface area contributed by atoms with Crippen molar-refractivity contribution < 1.29 is 27.1 Å². The second-order valence-electron chi connectivity index (χ2n) is 8.06. The van der Waals surface area contributed by atoms with E-state index in [0.29, 0.717) is 12.3 Å². The lowest BCUT2D eigenvalue weighted by molar-refractivity contribution is 0.0956. The van der Waals surface area contributed by atoms with Crippen molar-refractivity contribution in [3.63, 3.8) is 0 Å². The van der Waals surface area contributed by atoms with Crippen molar-refractivity contribution in [3.8, 4) is 5.88 Å². The molecule has 3 rings (SSSR count). The van der Waals surface area contributed by atoms with E-state index in [2.05, 4.69) is 15.3 Å². The van der Waals surface area contributed by atoms with Gasteiger partial charge in [0.05, 0.1) is 31.4 Å². The first-order valence-corrected chi connectivity index (χ1v) is 11.8. The number of nitrogens with two attached hydrogens (primary N) is 1. The van der Waals surface area contributed by atoms with Crippen LogP contribution in [-0.2, 0) is 21.2 Å². The molecule has 33 heavy (non-hydrogen) atoms. The SMILES string of the molecule is CC(C)(C(=N)N)S(=O)(=O)CC1COCc2ccc(NC(=O)c3cnc(OCCF)cn3)cc21. The second-order valence-corrected chi connectivity index (χ2v) is 10.6. The molecule has 1 unspecified atom stereocenters. The molecule has 178 valence electrons. The van der Waals surface area contributed by atoms with Crippen molar-refractivity contribution in [2.45, 2.75) is 31.1 Å². The molecule has 2 heterocycles. The summed E-state index contributed by atoms with van der Waals surface area (Å²) in [5.41, 5.74) is 7.55. The van der Waals surface area contributed by atoms with Crippen molar-refractivity contribution in [1.82, 2.24) is 9.97 Å². The molecule has 1 aromatic carbocycles. The number of fused-ring (bicyclic) bond motifs is 1. The zero-order chi connectivity index (χ0) is 24.2. The van der Waals surface area contributed by atoms with Crippen LogP contribution in [0.15, 0.2) is 30.6 Å². The second kappa shape index (κ2) is 9.79. The number of carbonyl (C=O) groups is 1. The number of sulfone groups is 1. The summed E-state index contributed by atoms with van der Waals surface area (Å²) in [6.07, 6.45) is 2.45. The molecular weight excluding hydrogens is 453 g/mol. The number of nitrogens with zero attached hydrogens (tertiary/aromatic N) is 2. The van der Waals surface area contributed by atoms with E-state index in [4.69, 9.17) is 20.6 Å². The average Bonchev–Trinajstić information content (AvgIpc) is 2.78. The number of alkyl halides is 1. The first kappa shape index (κ1) is 24.5. The zero-order valence-corrected chi connectivity index (χ0v) is 19.1. The number of hydrogen-bond donors (Lipinski definition) is 3. The van der Waals surface area contributed by atoms with Crippen LogP contribution in [0, 0.1) is 5.41 Å². The smallest absolute Gasteiger partial charge is 0.275 e. The van der Waals surface area contributed by atoms with Gasteiger partial charge in [-0.3, -0.25) is 10.2 Å².